The summed E-state index contributed by atoms with van der Waals surface area (Å²) in [6, 6.07) is 0. The van der Waals surface area contributed by atoms with Crippen LogP contribution < -0.4 is 0 Å². The van der Waals surface area contributed by atoms with Gasteiger partial charge in [0.1, 0.15) is 0 Å². The van der Waals surface area contributed by atoms with Crippen molar-refractivity contribution >= 4 is 5.97 Å². The van der Waals surface area contributed by atoms with Crippen molar-refractivity contribution in [2.45, 2.75) is 31.8 Å². The van der Waals surface area contributed by atoms with Crippen molar-refractivity contribution in [2.24, 2.45) is 5.92 Å². The minimum atomic E-state index is -1.49. The van der Waals surface area contributed by atoms with Gasteiger partial charge in [-0.05, 0) is 25.7 Å². The molecule has 1 atom stereocenters. The second kappa shape index (κ2) is 2.23. The lowest BCUT2D eigenvalue weighted by Gasteiger charge is -2.35. The number of carbonyl (C=O) groups is 1. The van der Waals surface area contributed by atoms with Crippen LogP contribution in [0.1, 0.15) is 26.2 Å². The molecule has 0 aromatic heterocycles. The Morgan fingerprint density at radius 3 is 2.20 bits per heavy atom. The molecule has 0 saturated heterocycles. The number of aliphatic carboxylic acids is 1. The highest BCUT2D eigenvalue weighted by atomic mass is 16.4. The van der Waals surface area contributed by atoms with Gasteiger partial charge in [-0.1, -0.05) is 6.42 Å². The van der Waals surface area contributed by atoms with Crippen LogP contribution in [0.3, 0.4) is 0 Å². The molecule has 1 rings (SSSR count). The van der Waals surface area contributed by atoms with E-state index in [1.165, 1.54) is 6.92 Å². The Morgan fingerprint density at radius 2 is 2.10 bits per heavy atom. The predicted octanol–water partition coefficient (Wildman–Crippen LogP) is 0.622. The van der Waals surface area contributed by atoms with E-state index >= 15 is 0 Å². The molecule has 0 aromatic rings. The lowest BCUT2D eigenvalue weighted by molar-refractivity contribution is -0.166. The van der Waals surface area contributed by atoms with Gasteiger partial charge in [-0.25, -0.2) is 4.79 Å². The van der Waals surface area contributed by atoms with Gasteiger partial charge in [-0.2, -0.15) is 0 Å². The number of rotatable bonds is 2. The summed E-state index contributed by atoms with van der Waals surface area (Å²) in [5.74, 6) is -1.12. The summed E-state index contributed by atoms with van der Waals surface area (Å²) in [6.07, 6.45) is 2.74. The highest BCUT2D eigenvalue weighted by Gasteiger charge is 2.42. The van der Waals surface area contributed by atoms with Gasteiger partial charge in [-0.3, -0.25) is 0 Å². The summed E-state index contributed by atoms with van der Waals surface area (Å²) >= 11 is 0. The van der Waals surface area contributed by atoms with Crippen LogP contribution in [0.4, 0.5) is 0 Å². The largest absolute Gasteiger partial charge is 0.479 e. The average Bonchev–Trinajstić information content (AvgIpc) is 1.57. The molecule has 10 heavy (non-hydrogen) atoms. The van der Waals surface area contributed by atoms with Gasteiger partial charge >= 0.3 is 5.97 Å². The van der Waals surface area contributed by atoms with Gasteiger partial charge in [0.15, 0.2) is 5.60 Å². The fourth-order valence-corrected chi connectivity index (χ4v) is 1.14. The van der Waals surface area contributed by atoms with Gasteiger partial charge in [0.25, 0.3) is 0 Å². The van der Waals surface area contributed by atoms with Crippen LogP contribution >= 0.6 is 0 Å². The van der Waals surface area contributed by atoms with E-state index in [0.29, 0.717) is 0 Å². The summed E-state index contributed by atoms with van der Waals surface area (Å²) in [7, 11) is 0. The molecule has 58 valence electrons. The van der Waals surface area contributed by atoms with Crippen LogP contribution in [0.2, 0.25) is 0 Å². The molecule has 0 unspecified atom stereocenters. The Balaban J connectivity index is 2.57. The van der Waals surface area contributed by atoms with Crippen molar-refractivity contribution in [1.29, 1.82) is 0 Å². The molecule has 0 radical (unpaired) electrons. The quantitative estimate of drug-likeness (QED) is 0.597. The monoisotopic (exact) mass is 144 g/mol. The van der Waals surface area contributed by atoms with Crippen LogP contribution in [0, 0.1) is 5.92 Å². The van der Waals surface area contributed by atoms with Gasteiger partial charge in [0.05, 0.1) is 0 Å². The third-order valence-corrected chi connectivity index (χ3v) is 2.33. The molecule has 3 nitrogen and oxygen atoms in total. The van der Waals surface area contributed by atoms with Crippen molar-refractivity contribution in [3.63, 3.8) is 0 Å². The van der Waals surface area contributed by atoms with Crippen molar-refractivity contribution in [3.05, 3.63) is 0 Å². The first-order valence-electron chi connectivity index (χ1n) is 3.51. The predicted molar refractivity (Wildman–Crippen MR) is 35.6 cm³/mol. The van der Waals surface area contributed by atoms with E-state index in [0.717, 1.165) is 19.3 Å². The minimum absolute atomic E-state index is 0.0231. The van der Waals surface area contributed by atoms with Crippen LogP contribution in [-0.2, 0) is 4.79 Å². The molecule has 0 aliphatic heterocycles. The highest BCUT2D eigenvalue weighted by molar-refractivity contribution is 5.77. The number of hydrogen-bond donors (Lipinski definition) is 2. The summed E-state index contributed by atoms with van der Waals surface area (Å²) in [5.41, 5.74) is -1.49. The van der Waals surface area contributed by atoms with Gasteiger partial charge in [0, 0.05) is 0 Å². The lowest BCUT2D eigenvalue weighted by Crippen LogP contribution is -2.45. The number of hydrogen-bond acceptors (Lipinski definition) is 2. The Kier molecular flexibility index (Phi) is 1.68. The fraction of sp³-hybridized carbons (Fsp3) is 0.857. The molecule has 1 fully saturated rings. The average molecular weight is 144 g/mol. The number of carboxylic acids is 1. The first-order chi connectivity index (χ1) is 4.55. The highest BCUT2D eigenvalue weighted by Crippen LogP contribution is 2.35. The zero-order chi connectivity index (χ0) is 7.78. The third-order valence-electron chi connectivity index (χ3n) is 2.33. The maximum absolute atomic E-state index is 10.4. The smallest absolute Gasteiger partial charge is 0.335 e. The molecule has 2 N–H and O–H groups in total. The van der Waals surface area contributed by atoms with E-state index in [4.69, 9.17) is 5.11 Å². The molecule has 0 amide bonds. The van der Waals surface area contributed by atoms with Crippen LogP contribution in [0.15, 0.2) is 0 Å². The molecule has 0 bridgehead atoms. The lowest BCUT2D eigenvalue weighted by atomic mass is 9.74. The molecule has 3 heteroatoms. The Morgan fingerprint density at radius 1 is 1.60 bits per heavy atom. The molecule has 0 spiro atoms. The van der Waals surface area contributed by atoms with E-state index in [9.17, 15) is 9.90 Å². The Hall–Kier alpha value is -0.570. The third kappa shape index (κ3) is 1.01. The number of aliphatic hydroxyl groups is 1. The second-order valence-electron chi connectivity index (χ2n) is 3.08. The summed E-state index contributed by atoms with van der Waals surface area (Å²) in [4.78, 5) is 10.4. The molecule has 0 heterocycles. The van der Waals surface area contributed by atoms with E-state index < -0.39 is 11.6 Å². The van der Waals surface area contributed by atoms with Crippen LogP contribution in [0.5, 0.6) is 0 Å². The van der Waals surface area contributed by atoms with E-state index in [1.807, 2.05) is 0 Å². The van der Waals surface area contributed by atoms with Gasteiger partial charge in [0.2, 0.25) is 0 Å². The molecule has 1 aliphatic rings. The van der Waals surface area contributed by atoms with E-state index in [-0.39, 0.29) is 5.92 Å². The molecule has 1 aliphatic carbocycles. The molecular weight excluding hydrogens is 132 g/mol. The van der Waals surface area contributed by atoms with Gasteiger partial charge < -0.3 is 10.2 Å². The maximum Gasteiger partial charge on any atom is 0.335 e. The fourth-order valence-electron chi connectivity index (χ4n) is 1.14. The zero-order valence-electron chi connectivity index (χ0n) is 6.00. The van der Waals surface area contributed by atoms with Crippen molar-refractivity contribution in [2.75, 3.05) is 0 Å². The summed E-state index contributed by atoms with van der Waals surface area (Å²) in [6.45, 7) is 1.37. The molecule has 1 saturated carbocycles. The molecular formula is C7H12O3. The Bertz CT molecular complexity index is 147. The first-order valence-corrected chi connectivity index (χ1v) is 3.51. The molecule has 0 aromatic carbocycles. The van der Waals surface area contributed by atoms with Crippen molar-refractivity contribution < 1.29 is 15.0 Å². The standard InChI is InChI=1S/C7H12O3/c1-7(10,6(8)9)5-3-2-4-5/h5,10H,2-4H2,1H3,(H,8,9)/t7-/m0/s1. The summed E-state index contributed by atoms with van der Waals surface area (Å²) < 4.78 is 0. The van der Waals surface area contributed by atoms with Crippen molar-refractivity contribution in [3.8, 4) is 0 Å². The van der Waals surface area contributed by atoms with E-state index in [1.54, 1.807) is 0 Å². The zero-order valence-corrected chi connectivity index (χ0v) is 6.00. The number of carboxylic acid groups (broad SMARTS) is 1. The SMILES string of the molecule is C[C@@](O)(C(=O)O)C1CCC1. The van der Waals surface area contributed by atoms with Crippen LogP contribution in [-0.4, -0.2) is 21.8 Å². The first kappa shape index (κ1) is 7.54. The Labute approximate surface area is 59.7 Å². The topological polar surface area (TPSA) is 57.5 Å². The second-order valence-corrected chi connectivity index (χ2v) is 3.08. The van der Waals surface area contributed by atoms with Crippen LogP contribution in [0.25, 0.3) is 0 Å². The van der Waals surface area contributed by atoms with Gasteiger partial charge in [-0.15, -0.1) is 0 Å². The normalized spacial score (nSPS) is 25.0. The minimum Gasteiger partial charge on any atom is -0.479 e. The van der Waals surface area contributed by atoms with E-state index in [2.05, 4.69) is 0 Å². The van der Waals surface area contributed by atoms with Crippen molar-refractivity contribution in [1.82, 2.24) is 0 Å². The maximum atomic E-state index is 10.4. The summed E-state index contributed by atoms with van der Waals surface area (Å²) in [5, 5.41) is 17.8.